The minimum Gasteiger partial charge on any atom is -0.478 e. The average Bonchev–Trinajstić information content (AvgIpc) is 2.61. The van der Waals surface area contributed by atoms with Crippen LogP contribution in [0.1, 0.15) is 36.7 Å². The minimum absolute atomic E-state index is 0.0332. The third kappa shape index (κ3) is 3.95. The highest BCUT2D eigenvalue weighted by atomic mass is 16.5. The summed E-state index contributed by atoms with van der Waals surface area (Å²) in [6.07, 6.45) is 0. The van der Waals surface area contributed by atoms with Gasteiger partial charge in [-0.25, -0.2) is 4.79 Å². The highest BCUT2D eigenvalue weighted by molar-refractivity contribution is 6.01. The first-order valence-corrected chi connectivity index (χ1v) is 8.77. The predicted octanol–water partition coefficient (Wildman–Crippen LogP) is 5.72. The molecule has 0 aliphatic carbocycles. The van der Waals surface area contributed by atoms with Crippen LogP contribution in [0.2, 0.25) is 0 Å². The number of carboxylic acids is 1. The maximum atomic E-state index is 11.6. The molecule has 0 bridgehead atoms. The third-order valence-electron chi connectivity index (χ3n) is 4.40. The Bertz CT molecular complexity index is 970. The molecule has 3 aromatic carbocycles. The summed E-state index contributed by atoms with van der Waals surface area (Å²) < 4.78 is 6.09. The topological polar surface area (TPSA) is 72.5 Å². The van der Waals surface area contributed by atoms with Gasteiger partial charge in [0.2, 0.25) is 0 Å². The molecule has 3 rings (SSSR count). The Morgan fingerprint density at radius 3 is 2.22 bits per heavy atom. The zero-order valence-corrected chi connectivity index (χ0v) is 15.7. The van der Waals surface area contributed by atoms with Crippen LogP contribution in [0.25, 0.3) is 11.1 Å². The highest BCUT2D eigenvalue weighted by Gasteiger charge is 2.19. The summed E-state index contributed by atoms with van der Waals surface area (Å²) >= 11 is 0. The van der Waals surface area contributed by atoms with E-state index in [1.165, 1.54) is 0 Å². The molecule has 0 heterocycles. The van der Waals surface area contributed by atoms with Crippen molar-refractivity contribution in [3.63, 3.8) is 0 Å². The summed E-state index contributed by atoms with van der Waals surface area (Å²) in [5.74, 6) is 0.465. The van der Waals surface area contributed by atoms with Gasteiger partial charge in [0.1, 0.15) is 11.5 Å². The number of benzene rings is 3. The van der Waals surface area contributed by atoms with Gasteiger partial charge in [0.15, 0.2) is 0 Å². The first-order chi connectivity index (χ1) is 12.8. The van der Waals surface area contributed by atoms with Gasteiger partial charge in [-0.3, -0.25) is 0 Å². The lowest BCUT2D eigenvalue weighted by Gasteiger charge is -2.22. The lowest BCUT2D eigenvalue weighted by Crippen LogP contribution is -2.12. The molecular weight excluding hydrogens is 338 g/mol. The van der Waals surface area contributed by atoms with Crippen molar-refractivity contribution in [3.05, 3.63) is 77.9 Å². The Balaban J connectivity index is 1.93. The fraction of sp³-hybridized carbons (Fsp3) is 0.174. The van der Waals surface area contributed by atoms with Gasteiger partial charge in [0.25, 0.3) is 0 Å². The van der Waals surface area contributed by atoms with E-state index >= 15 is 0 Å². The van der Waals surface area contributed by atoms with E-state index in [1.807, 2.05) is 42.5 Å². The molecule has 138 valence electrons. The Morgan fingerprint density at radius 1 is 0.926 bits per heavy atom. The van der Waals surface area contributed by atoms with E-state index in [9.17, 15) is 9.90 Å². The molecule has 0 unspecified atom stereocenters. The molecule has 4 heteroatoms. The molecule has 27 heavy (non-hydrogen) atoms. The molecule has 0 spiro atoms. The number of hydrogen-bond donors (Lipinski definition) is 2. The van der Waals surface area contributed by atoms with Crippen molar-refractivity contribution in [2.24, 2.45) is 0 Å². The molecule has 3 aromatic rings. The van der Waals surface area contributed by atoms with E-state index in [1.54, 1.807) is 18.2 Å². The molecule has 0 aliphatic heterocycles. The summed E-state index contributed by atoms with van der Waals surface area (Å²) in [5.41, 5.74) is 8.66. The van der Waals surface area contributed by atoms with Gasteiger partial charge in [0.05, 0.1) is 5.56 Å². The van der Waals surface area contributed by atoms with Crippen LogP contribution < -0.4 is 10.5 Å². The number of anilines is 1. The summed E-state index contributed by atoms with van der Waals surface area (Å²) in [6, 6.07) is 20.4. The quantitative estimate of drug-likeness (QED) is 0.583. The van der Waals surface area contributed by atoms with Crippen LogP contribution in [0.5, 0.6) is 11.5 Å². The number of aromatic carboxylic acids is 1. The summed E-state index contributed by atoms with van der Waals surface area (Å²) in [6.45, 7) is 6.43. The molecule has 4 nitrogen and oxygen atoms in total. The zero-order chi connectivity index (χ0) is 19.6. The molecule has 0 fully saturated rings. The monoisotopic (exact) mass is 361 g/mol. The van der Waals surface area contributed by atoms with Crippen molar-refractivity contribution in [2.75, 3.05) is 5.73 Å². The summed E-state index contributed by atoms with van der Waals surface area (Å²) in [4.78, 5) is 11.6. The Labute approximate surface area is 159 Å². The molecule has 0 radical (unpaired) electrons. The van der Waals surface area contributed by atoms with Crippen molar-refractivity contribution in [3.8, 4) is 22.6 Å². The second-order valence-electron chi connectivity index (χ2n) is 7.45. The molecular formula is C23H23NO3. The second kappa shape index (κ2) is 7.16. The molecule has 0 aromatic heterocycles. The zero-order valence-electron chi connectivity index (χ0n) is 15.7. The number of carbonyl (C=O) groups is 1. The first kappa shape index (κ1) is 18.5. The van der Waals surface area contributed by atoms with E-state index in [0.717, 1.165) is 16.9 Å². The van der Waals surface area contributed by atoms with Gasteiger partial charge in [0, 0.05) is 11.3 Å². The van der Waals surface area contributed by atoms with Crippen molar-refractivity contribution in [1.29, 1.82) is 0 Å². The smallest absolute Gasteiger partial charge is 0.338 e. The van der Waals surface area contributed by atoms with Gasteiger partial charge >= 0.3 is 5.97 Å². The number of para-hydroxylation sites is 1. The molecule has 0 saturated heterocycles. The number of carboxylic acid groups (broad SMARTS) is 1. The molecule has 0 amide bonds. The standard InChI is InChI=1S/C23H23NO3/c1-23(2,3)18-8-4-5-10-20(18)27-16-13-11-15(12-14-16)17-7-6-9-19(24)21(17)22(25)26/h4-14H,24H2,1-3H3,(H,25,26). The highest BCUT2D eigenvalue weighted by Crippen LogP contribution is 2.35. The molecule has 0 atom stereocenters. The lowest BCUT2D eigenvalue weighted by molar-refractivity contribution is 0.0699. The van der Waals surface area contributed by atoms with Crippen molar-refractivity contribution >= 4 is 11.7 Å². The van der Waals surface area contributed by atoms with E-state index in [4.69, 9.17) is 10.5 Å². The maximum absolute atomic E-state index is 11.6. The van der Waals surface area contributed by atoms with Crippen LogP contribution in [-0.2, 0) is 5.41 Å². The number of nitrogens with two attached hydrogens (primary N) is 1. The van der Waals surface area contributed by atoms with Gasteiger partial charge in [-0.2, -0.15) is 0 Å². The average molecular weight is 361 g/mol. The van der Waals surface area contributed by atoms with Crippen LogP contribution in [-0.4, -0.2) is 11.1 Å². The normalized spacial score (nSPS) is 11.2. The van der Waals surface area contributed by atoms with E-state index in [-0.39, 0.29) is 16.7 Å². The fourth-order valence-electron chi connectivity index (χ4n) is 3.05. The van der Waals surface area contributed by atoms with Gasteiger partial charge in [-0.15, -0.1) is 0 Å². The Hall–Kier alpha value is -3.27. The number of rotatable bonds is 4. The van der Waals surface area contributed by atoms with Crippen LogP contribution in [0.3, 0.4) is 0 Å². The summed E-state index contributed by atoms with van der Waals surface area (Å²) in [7, 11) is 0. The lowest BCUT2D eigenvalue weighted by atomic mass is 9.86. The summed E-state index contributed by atoms with van der Waals surface area (Å²) in [5, 5.41) is 9.46. The van der Waals surface area contributed by atoms with Crippen molar-refractivity contribution in [1.82, 2.24) is 0 Å². The minimum atomic E-state index is -1.04. The Kier molecular flexibility index (Phi) is 4.91. The van der Waals surface area contributed by atoms with E-state index in [0.29, 0.717) is 11.3 Å². The third-order valence-corrected chi connectivity index (χ3v) is 4.40. The fourth-order valence-corrected chi connectivity index (χ4v) is 3.05. The number of nitrogen functional groups attached to an aromatic ring is 1. The van der Waals surface area contributed by atoms with Gasteiger partial charge in [-0.05, 0) is 40.8 Å². The van der Waals surface area contributed by atoms with Gasteiger partial charge in [-0.1, -0.05) is 63.2 Å². The largest absolute Gasteiger partial charge is 0.478 e. The van der Waals surface area contributed by atoms with Gasteiger partial charge < -0.3 is 15.6 Å². The van der Waals surface area contributed by atoms with Crippen LogP contribution in [0.15, 0.2) is 66.7 Å². The molecule has 0 saturated carbocycles. The maximum Gasteiger partial charge on any atom is 0.338 e. The van der Waals surface area contributed by atoms with Crippen LogP contribution in [0.4, 0.5) is 5.69 Å². The van der Waals surface area contributed by atoms with Crippen molar-refractivity contribution in [2.45, 2.75) is 26.2 Å². The number of hydrogen-bond acceptors (Lipinski definition) is 3. The van der Waals surface area contributed by atoms with E-state index < -0.39 is 5.97 Å². The van der Waals surface area contributed by atoms with Crippen LogP contribution in [0, 0.1) is 0 Å². The first-order valence-electron chi connectivity index (χ1n) is 8.77. The molecule has 0 aliphatic rings. The van der Waals surface area contributed by atoms with E-state index in [2.05, 4.69) is 26.8 Å². The van der Waals surface area contributed by atoms with Crippen LogP contribution >= 0.6 is 0 Å². The number of ether oxygens (including phenoxy) is 1. The SMILES string of the molecule is CC(C)(C)c1ccccc1Oc1ccc(-c2cccc(N)c2C(=O)O)cc1. The molecule has 3 N–H and O–H groups in total. The Morgan fingerprint density at radius 2 is 1.59 bits per heavy atom. The predicted molar refractivity (Wildman–Crippen MR) is 108 cm³/mol. The second-order valence-corrected chi connectivity index (χ2v) is 7.45. The van der Waals surface area contributed by atoms with Crippen molar-refractivity contribution < 1.29 is 14.6 Å².